The second-order valence-corrected chi connectivity index (χ2v) is 7.19. The molecule has 0 saturated carbocycles. The molecule has 2 heterocycles. The summed E-state index contributed by atoms with van der Waals surface area (Å²) in [7, 11) is 0. The summed E-state index contributed by atoms with van der Waals surface area (Å²) < 4.78 is 0. The zero-order valence-corrected chi connectivity index (χ0v) is 13.6. The number of imide groups is 1. The molecular weight excluding hydrogens is 338 g/mol. The summed E-state index contributed by atoms with van der Waals surface area (Å²) in [5.74, 6) is -1.81. The van der Waals surface area contributed by atoms with Gasteiger partial charge in [0, 0.05) is 11.3 Å². The Balaban J connectivity index is 1.85. The highest BCUT2D eigenvalue weighted by Crippen LogP contribution is 2.36. The molecule has 23 heavy (non-hydrogen) atoms. The van der Waals surface area contributed by atoms with Crippen molar-refractivity contribution in [3.63, 3.8) is 0 Å². The largest absolute Gasteiger partial charge is 0.478 e. The van der Waals surface area contributed by atoms with E-state index in [0.29, 0.717) is 9.90 Å². The Bertz CT molecular complexity index is 805. The number of carboxylic acid groups (broad SMARTS) is 1. The Hall–Kier alpha value is -2.26. The van der Waals surface area contributed by atoms with E-state index in [1.165, 1.54) is 17.4 Å². The van der Waals surface area contributed by atoms with Gasteiger partial charge in [-0.1, -0.05) is 23.5 Å². The van der Waals surface area contributed by atoms with Gasteiger partial charge in [-0.2, -0.15) is 0 Å². The van der Waals surface area contributed by atoms with Crippen molar-refractivity contribution in [2.24, 2.45) is 0 Å². The van der Waals surface area contributed by atoms with E-state index in [4.69, 9.17) is 0 Å². The number of nitrogens with zero attached hydrogens (tertiary/aromatic N) is 3. The van der Waals surface area contributed by atoms with E-state index in [1.54, 1.807) is 25.1 Å². The predicted molar refractivity (Wildman–Crippen MR) is 84.8 cm³/mol. The van der Waals surface area contributed by atoms with Crippen LogP contribution in [0.5, 0.6) is 0 Å². The minimum Gasteiger partial charge on any atom is -0.478 e. The number of carbonyl (C=O) groups is 3. The van der Waals surface area contributed by atoms with Gasteiger partial charge in [0.05, 0.1) is 10.8 Å². The van der Waals surface area contributed by atoms with Crippen molar-refractivity contribution in [2.75, 3.05) is 4.90 Å². The van der Waals surface area contributed by atoms with Crippen LogP contribution in [-0.2, 0) is 9.59 Å². The first-order valence-corrected chi connectivity index (χ1v) is 8.33. The molecule has 1 aromatic carbocycles. The van der Waals surface area contributed by atoms with E-state index >= 15 is 0 Å². The minimum absolute atomic E-state index is 0.0100. The molecule has 2 aromatic rings. The SMILES string of the molecule is Cc1nnc(N2C(=O)CC(Sc3ccccc3C(=O)O)C2=O)s1. The first-order valence-electron chi connectivity index (χ1n) is 6.63. The number of aromatic carboxylic acids is 1. The van der Waals surface area contributed by atoms with Gasteiger partial charge in [-0.3, -0.25) is 9.59 Å². The number of aryl methyl sites for hydroxylation is 1. The highest BCUT2D eigenvalue weighted by Gasteiger charge is 2.42. The highest BCUT2D eigenvalue weighted by molar-refractivity contribution is 8.00. The van der Waals surface area contributed by atoms with Gasteiger partial charge >= 0.3 is 5.97 Å². The number of anilines is 1. The number of hydrogen-bond donors (Lipinski definition) is 1. The average molecular weight is 349 g/mol. The van der Waals surface area contributed by atoms with Gasteiger partial charge in [0.1, 0.15) is 5.01 Å². The molecule has 1 aromatic heterocycles. The summed E-state index contributed by atoms with van der Waals surface area (Å²) >= 11 is 2.25. The summed E-state index contributed by atoms with van der Waals surface area (Å²) in [5, 5.41) is 17.1. The van der Waals surface area contributed by atoms with Crippen LogP contribution in [0.15, 0.2) is 29.2 Å². The normalized spacial score (nSPS) is 17.8. The minimum atomic E-state index is -1.07. The summed E-state index contributed by atoms with van der Waals surface area (Å²) in [6.45, 7) is 1.74. The Morgan fingerprint density at radius 2 is 2.09 bits per heavy atom. The summed E-state index contributed by atoms with van der Waals surface area (Å²) in [5.41, 5.74) is 0.114. The average Bonchev–Trinajstić information content (AvgIpc) is 3.03. The van der Waals surface area contributed by atoms with E-state index in [-0.39, 0.29) is 23.0 Å². The van der Waals surface area contributed by atoms with E-state index in [9.17, 15) is 19.5 Å². The van der Waals surface area contributed by atoms with Crippen molar-refractivity contribution in [3.05, 3.63) is 34.8 Å². The van der Waals surface area contributed by atoms with Gasteiger partial charge in [-0.05, 0) is 19.1 Å². The number of thioether (sulfide) groups is 1. The van der Waals surface area contributed by atoms with Crippen LogP contribution < -0.4 is 4.90 Å². The number of amides is 2. The van der Waals surface area contributed by atoms with Crippen LogP contribution >= 0.6 is 23.1 Å². The summed E-state index contributed by atoms with van der Waals surface area (Å²) in [4.78, 5) is 37.3. The van der Waals surface area contributed by atoms with Gasteiger partial charge in [0.15, 0.2) is 0 Å². The zero-order valence-electron chi connectivity index (χ0n) is 11.9. The third-order valence-corrected chi connectivity index (χ3v) is 5.29. The van der Waals surface area contributed by atoms with E-state index in [0.717, 1.165) is 16.7 Å². The molecule has 1 aliphatic heterocycles. The van der Waals surface area contributed by atoms with Crippen molar-refractivity contribution in [2.45, 2.75) is 23.5 Å². The van der Waals surface area contributed by atoms with Crippen LogP contribution in [0, 0.1) is 6.92 Å². The van der Waals surface area contributed by atoms with Gasteiger partial charge in [-0.25, -0.2) is 9.69 Å². The van der Waals surface area contributed by atoms with E-state index < -0.39 is 17.1 Å². The fourth-order valence-corrected chi connectivity index (χ4v) is 4.06. The number of hydrogen-bond acceptors (Lipinski definition) is 7. The molecule has 1 fully saturated rings. The molecule has 1 saturated heterocycles. The molecule has 9 heteroatoms. The second kappa shape index (κ2) is 6.09. The topological polar surface area (TPSA) is 100 Å². The molecule has 1 N–H and O–H groups in total. The number of rotatable bonds is 4. The monoisotopic (exact) mass is 349 g/mol. The first kappa shape index (κ1) is 15.6. The molecular formula is C14H11N3O4S2. The molecule has 0 bridgehead atoms. The lowest BCUT2D eigenvalue weighted by Crippen LogP contribution is -2.31. The maximum absolute atomic E-state index is 12.5. The summed E-state index contributed by atoms with van der Waals surface area (Å²) in [6, 6.07) is 6.41. The van der Waals surface area contributed by atoms with Crippen LogP contribution in [0.25, 0.3) is 0 Å². The van der Waals surface area contributed by atoms with Gasteiger partial charge in [0.2, 0.25) is 16.9 Å². The zero-order chi connectivity index (χ0) is 16.6. The molecule has 3 rings (SSSR count). The Morgan fingerprint density at radius 1 is 1.35 bits per heavy atom. The van der Waals surface area contributed by atoms with Crippen LogP contribution in [0.1, 0.15) is 21.8 Å². The number of aromatic nitrogens is 2. The third kappa shape index (κ3) is 2.97. The van der Waals surface area contributed by atoms with Gasteiger partial charge in [-0.15, -0.1) is 22.0 Å². The molecule has 0 aliphatic carbocycles. The lowest BCUT2D eigenvalue weighted by atomic mass is 10.2. The van der Waals surface area contributed by atoms with Crippen LogP contribution in [-0.4, -0.2) is 38.3 Å². The molecule has 0 spiro atoms. The lowest BCUT2D eigenvalue weighted by molar-refractivity contribution is -0.121. The molecule has 2 amide bonds. The fourth-order valence-electron chi connectivity index (χ4n) is 2.17. The Morgan fingerprint density at radius 3 is 2.74 bits per heavy atom. The first-order chi connectivity index (χ1) is 11.0. The highest BCUT2D eigenvalue weighted by atomic mass is 32.2. The maximum Gasteiger partial charge on any atom is 0.336 e. The van der Waals surface area contributed by atoms with Crippen LogP contribution in [0.3, 0.4) is 0 Å². The van der Waals surface area contributed by atoms with Gasteiger partial charge in [0.25, 0.3) is 0 Å². The van der Waals surface area contributed by atoms with Crippen molar-refractivity contribution in [3.8, 4) is 0 Å². The molecule has 0 radical (unpaired) electrons. The summed E-state index contributed by atoms with van der Waals surface area (Å²) in [6.07, 6.45) is 0.0100. The van der Waals surface area contributed by atoms with Crippen molar-refractivity contribution in [1.82, 2.24) is 10.2 Å². The van der Waals surface area contributed by atoms with E-state index in [2.05, 4.69) is 10.2 Å². The smallest absolute Gasteiger partial charge is 0.336 e. The standard InChI is InChI=1S/C14H11N3O4S2/c1-7-15-16-14(22-7)17-11(18)6-10(12(17)19)23-9-5-3-2-4-8(9)13(20)21/h2-5,10H,6H2,1H3,(H,20,21). The molecule has 1 aliphatic rings. The third-order valence-electron chi connectivity index (χ3n) is 3.20. The van der Waals surface area contributed by atoms with Crippen LogP contribution in [0.2, 0.25) is 0 Å². The molecule has 7 nitrogen and oxygen atoms in total. The molecule has 1 atom stereocenters. The van der Waals surface area contributed by atoms with Crippen molar-refractivity contribution >= 4 is 46.0 Å². The fraction of sp³-hybridized carbons (Fsp3) is 0.214. The van der Waals surface area contributed by atoms with Crippen molar-refractivity contribution < 1.29 is 19.5 Å². The van der Waals surface area contributed by atoms with E-state index in [1.807, 2.05) is 0 Å². The van der Waals surface area contributed by atoms with Crippen LogP contribution in [0.4, 0.5) is 5.13 Å². The maximum atomic E-state index is 12.5. The number of carbonyl (C=O) groups excluding carboxylic acids is 2. The number of benzene rings is 1. The second-order valence-electron chi connectivity index (χ2n) is 4.78. The lowest BCUT2D eigenvalue weighted by Gasteiger charge is -2.11. The van der Waals surface area contributed by atoms with Gasteiger partial charge < -0.3 is 5.11 Å². The Kier molecular flexibility index (Phi) is 4.14. The number of carboxylic acids is 1. The molecule has 1 unspecified atom stereocenters. The van der Waals surface area contributed by atoms with Crippen molar-refractivity contribution in [1.29, 1.82) is 0 Å². The predicted octanol–water partition coefficient (Wildman–Crippen LogP) is 1.97. The Labute approximate surface area is 139 Å². The quantitative estimate of drug-likeness (QED) is 0.842. The molecule has 118 valence electrons.